The van der Waals surface area contributed by atoms with Gasteiger partial charge < -0.3 is 20.4 Å². The molecule has 0 aromatic heterocycles. The molecule has 4 heteroatoms. The molecule has 0 bridgehead atoms. The first-order valence-electron chi connectivity index (χ1n) is 9.34. The second kappa shape index (κ2) is 8.35. The molecule has 26 heavy (non-hydrogen) atoms. The van der Waals surface area contributed by atoms with E-state index in [1.165, 1.54) is 0 Å². The molecule has 0 saturated heterocycles. The van der Waals surface area contributed by atoms with Crippen molar-refractivity contribution in [3.8, 4) is 23.0 Å². The number of aryl methyl sites for hydroxylation is 2. The van der Waals surface area contributed by atoms with Gasteiger partial charge in [-0.1, -0.05) is 27.7 Å². The molecule has 0 heterocycles. The van der Waals surface area contributed by atoms with Gasteiger partial charge in [-0.05, 0) is 84.0 Å². The molecule has 0 aliphatic heterocycles. The van der Waals surface area contributed by atoms with Gasteiger partial charge in [0.1, 0.15) is 0 Å². The first-order chi connectivity index (χ1) is 12.3. The molecule has 0 aliphatic rings. The summed E-state index contributed by atoms with van der Waals surface area (Å²) in [7, 11) is 0. The Bertz CT molecular complexity index is 702. The highest BCUT2D eigenvalue weighted by atomic mass is 16.3. The monoisotopic (exact) mass is 358 g/mol. The third-order valence-corrected chi connectivity index (χ3v) is 5.41. The van der Waals surface area contributed by atoms with Crippen LogP contribution < -0.4 is 0 Å². The molecule has 2 rings (SSSR count). The van der Waals surface area contributed by atoms with Crippen LogP contribution in [-0.4, -0.2) is 20.4 Å². The van der Waals surface area contributed by atoms with Crippen molar-refractivity contribution < 1.29 is 20.4 Å². The summed E-state index contributed by atoms with van der Waals surface area (Å²) < 4.78 is 0. The number of hydrogen-bond acceptors (Lipinski definition) is 4. The van der Waals surface area contributed by atoms with Gasteiger partial charge in [-0.25, -0.2) is 0 Å². The van der Waals surface area contributed by atoms with Gasteiger partial charge in [0.15, 0.2) is 23.0 Å². The highest BCUT2D eigenvalue weighted by Gasteiger charge is 2.18. The fourth-order valence-corrected chi connectivity index (χ4v) is 3.46. The van der Waals surface area contributed by atoms with Crippen molar-refractivity contribution in [2.24, 2.45) is 11.8 Å². The van der Waals surface area contributed by atoms with Gasteiger partial charge in [0.25, 0.3) is 0 Å². The van der Waals surface area contributed by atoms with E-state index in [9.17, 15) is 20.4 Å². The standard InChI is InChI=1S/C22H30O4/c1-5-15-9-19(23)21(25)11-17(15)7-13(3)14(4)8-18-12-22(26)20(24)10-16(18)6-2/h9-14,23-26H,5-8H2,1-4H3/t13-,14+. The summed E-state index contributed by atoms with van der Waals surface area (Å²) in [6.07, 6.45) is 3.22. The number of benzene rings is 2. The summed E-state index contributed by atoms with van der Waals surface area (Å²) in [5, 5.41) is 39.1. The Morgan fingerprint density at radius 2 is 0.846 bits per heavy atom. The molecule has 0 spiro atoms. The van der Waals surface area contributed by atoms with Crippen LogP contribution in [-0.2, 0) is 25.7 Å². The van der Waals surface area contributed by atoms with Gasteiger partial charge in [0.05, 0.1) is 0 Å². The van der Waals surface area contributed by atoms with E-state index >= 15 is 0 Å². The molecule has 0 unspecified atom stereocenters. The van der Waals surface area contributed by atoms with Gasteiger partial charge in [-0.3, -0.25) is 0 Å². The Balaban J connectivity index is 2.17. The lowest BCUT2D eigenvalue weighted by Crippen LogP contribution is -2.15. The first kappa shape index (κ1) is 20.0. The average Bonchev–Trinajstić information content (AvgIpc) is 2.60. The lowest BCUT2D eigenvalue weighted by atomic mass is 9.83. The number of hydrogen-bond donors (Lipinski definition) is 4. The van der Waals surface area contributed by atoms with Crippen molar-refractivity contribution >= 4 is 0 Å². The van der Waals surface area contributed by atoms with Crippen molar-refractivity contribution in [1.29, 1.82) is 0 Å². The van der Waals surface area contributed by atoms with E-state index in [0.29, 0.717) is 11.8 Å². The molecule has 2 aromatic rings. The Hall–Kier alpha value is -2.36. The molecule has 4 nitrogen and oxygen atoms in total. The third-order valence-electron chi connectivity index (χ3n) is 5.41. The van der Waals surface area contributed by atoms with Gasteiger partial charge in [0, 0.05) is 0 Å². The summed E-state index contributed by atoms with van der Waals surface area (Å²) in [5.41, 5.74) is 4.23. The number of phenolic OH excluding ortho intramolecular Hbond substituents is 4. The van der Waals surface area contributed by atoms with Crippen LogP contribution in [0, 0.1) is 11.8 Å². The van der Waals surface area contributed by atoms with E-state index in [1.807, 2.05) is 13.8 Å². The van der Waals surface area contributed by atoms with E-state index in [-0.39, 0.29) is 23.0 Å². The van der Waals surface area contributed by atoms with Crippen LogP contribution in [0.1, 0.15) is 49.9 Å². The number of phenols is 4. The molecule has 2 aromatic carbocycles. The van der Waals surface area contributed by atoms with Gasteiger partial charge in [0.2, 0.25) is 0 Å². The number of rotatable bonds is 7. The summed E-state index contributed by atoms with van der Waals surface area (Å²) in [4.78, 5) is 0. The van der Waals surface area contributed by atoms with E-state index in [1.54, 1.807) is 24.3 Å². The molecule has 0 amide bonds. The Labute approximate surface area is 155 Å². The SMILES string of the molecule is CCc1cc(O)c(O)cc1C[C@@H](C)[C@@H](C)Cc1cc(O)c(O)cc1CC. The Morgan fingerprint density at radius 1 is 0.577 bits per heavy atom. The van der Waals surface area contributed by atoms with E-state index < -0.39 is 0 Å². The zero-order chi connectivity index (χ0) is 19.4. The van der Waals surface area contributed by atoms with Crippen LogP contribution in [0.5, 0.6) is 23.0 Å². The van der Waals surface area contributed by atoms with Gasteiger partial charge >= 0.3 is 0 Å². The third kappa shape index (κ3) is 4.43. The van der Waals surface area contributed by atoms with Crippen molar-refractivity contribution in [3.05, 3.63) is 46.5 Å². The second-order valence-corrected chi connectivity index (χ2v) is 7.29. The van der Waals surface area contributed by atoms with Crippen molar-refractivity contribution in [3.63, 3.8) is 0 Å². The largest absolute Gasteiger partial charge is 0.504 e. The molecular formula is C22H30O4. The predicted molar refractivity (Wildman–Crippen MR) is 104 cm³/mol. The molecule has 142 valence electrons. The van der Waals surface area contributed by atoms with Crippen LogP contribution in [0.3, 0.4) is 0 Å². The lowest BCUT2D eigenvalue weighted by molar-refractivity contribution is 0.375. The Morgan fingerprint density at radius 3 is 1.12 bits per heavy atom. The summed E-state index contributed by atoms with van der Waals surface area (Å²) in [5.74, 6) is 0.411. The van der Waals surface area contributed by atoms with Gasteiger partial charge in [-0.15, -0.1) is 0 Å². The first-order valence-corrected chi connectivity index (χ1v) is 9.34. The molecule has 2 atom stereocenters. The van der Waals surface area contributed by atoms with Crippen molar-refractivity contribution in [2.45, 2.75) is 53.4 Å². The zero-order valence-corrected chi connectivity index (χ0v) is 16.1. The quantitative estimate of drug-likeness (QED) is 0.541. The summed E-state index contributed by atoms with van der Waals surface area (Å²) in [6, 6.07) is 6.63. The molecule has 0 aliphatic carbocycles. The van der Waals surface area contributed by atoms with Crippen LogP contribution in [0.25, 0.3) is 0 Å². The second-order valence-electron chi connectivity index (χ2n) is 7.29. The van der Waals surface area contributed by atoms with Crippen LogP contribution in [0.15, 0.2) is 24.3 Å². The predicted octanol–water partition coefficient (Wildman–Crippen LogP) is 4.69. The highest BCUT2D eigenvalue weighted by molar-refractivity contribution is 5.47. The van der Waals surface area contributed by atoms with Crippen LogP contribution in [0.2, 0.25) is 0 Å². The fourth-order valence-electron chi connectivity index (χ4n) is 3.46. The smallest absolute Gasteiger partial charge is 0.157 e. The van der Waals surface area contributed by atoms with Crippen molar-refractivity contribution in [2.75, 3.05) is 0 Å². The summed E-state index contributed by atoms with van der Waals surface area (Å²) in [6.45, 7) is 8.44. The molecule has 0 radical (unpaired) electrons. The minimum absolute atomic E-state index is 0.0709. The lowest BCUT2D eigenvalue weighted by Gasteiger charge is -2.23. The minimum atomic E-state index is -0.0752. The van der Waals surface area contributed by atoms with E-state index in [4.69, 9.17) is 0 Å². The van der Waals surface area contributed by atoms with Gasteiger partial charge in [-0.2, -0.15) is 0 Å². The molecule has 0 saturated carbocycles. The zero-order valence-electron chi connectivity index (χ0n) is 16.1. The number of aromatic hydroxyl groups is 4. The van der Waals surface area contributed by atoms with Crippen LogP contribution in [0.4, 0.5) is 0 Å². The van der Waals surface area contributed by atoms with E-state index in [0.717, 1.165) is 47.9 Å². The summed E-state index contributed by atoms with van der Waals surface area (Å²) >= 11 is 0. The van der Waals surface area contributed by atoms with Crippen molar-refractivity contribution in [1.82, 2.24) is 0 Å². The fraction of sp³-hybridized carbons (Fsp3) is 0.455. The average molecular weight is 358 g/mol. The molecule has 4 N–H and O–H groups in total. The molecular weight excluding hydrogens is 328 g/mol. The Kier molecular flexibility index (Phi) is 6.41. The molecule has 0 fully saturated rings. The normalized spacial score (nSPS) is 13.5. The topological polar surface area (TPSA) is 80.9 Å². The minimum Gasteiger partial charge on any atom is -0.504 e. The maximum atomic E-state index is 9.83. The maximum Gasteiger partial charge on any atom is 0.157 e. The van der Waals surface area contributed by atoms with E-state index in [2.05, 4.69) is 13.8 Å². The van der Waals surface area contributed by atoms with Crippen LogP contribution >= 0.6 is 0 Å². The highest BCUT2D eigenvalue weighted by Crippen LogP contribution is 2.34. The maximum absolute atomic E-state index is 9.83.